The summed E-state index contributed by atoms with van der Waals surface area (Å²) in [6, 6.07) is 0. The van der Waals surface area contributed by atoms with Crippen LogP contribution in [0.5, 0.6) is 0 Å². The van der Waals surface area contributed by atoms with E-state index >= 15 is 0 Å². The highest BCUT2D eigenvalue weighted by Gasteiger charge is 2.16. The second kappa shape index (κ2) is 2.06. The number of rotatable bonds is 1. The van der Waals surface area contributed by atoms with E-state index in [-0.39, 0.29) is 4.75 Å². The summed E-state index contributed by atoms with van der Waals surface area (Å²) in [5.41, 5.74) is 0. The van der Waals surface area contributed by atoms with E-state index in [0.29, 0.717) is 0 Å². The van der Waals surface area contributed by atoms with Gasteiger partial charge in [-0.25, -0.2) is 4.98 Å². The standard InChI is InChI=1S/C6H10N2S/c1-6(2,9)5-7-3-4-8-5/h3-4,9H,1-2H3,(H,7,8). The fraction of sp³-hybridized carbons (Fsp3) is 0.500. The summed E-state index contributed by atoms with van der Waals surface area (Å²) < 4.78 is -0.149. The molecule has 1 aromatic rings. The lowest BCUT2D eigenvalue weighted by atomic mass is 10.2. The molecule has 0 aliphatic rings. The topological polar surface area (TPSA) is 28.7 Å². The van der Waals surface area contributed by atoms with E-state index in [1.165, 1.54) is 0 Å². The van der Waals surface area contributed by atoms with Gasteiger partial charge in [-0.15, -0.1) is 0 Å². The monoisotopic (exact) mass is 142 g/mol. The minimum Gasteiger partial charge on any atom is -0.347 e. The fourth-order valence-corrected chi connectivity index (χ4v) is 0.722. The van der Waals surface area contributed by atoms with E-state index in [1.807, 2.05) is 13.8 Å². The first-order chi connectivity index (χ1) is 4.11. The third kappa shape index (κ3) is 1.48. The molecule has 0 aromatic carbocycles. The van der Waals surface area contributed by atoms with E-state index in [9.17, 15) is 0 Å². The summed E-state index contributed by atoms with van der Waals surface area (Å²) in [6.07, 6.45) is 3.53. The van der Waals surface area contributed by atoms with E-state index < -0.39 is 0 Å². The van der Waals surface area contributed by atoms with Crippen LogP contribution in [0.25, 0.3) is 0 Å². The van der Waals surface area contributed by atoms with Gasteiger partial charge < -0.3 is 4.98 Å². The Balaban J connectivity index is 2.90. The number of hydrogen-bond donors (Lipinski definition) is 2. The van der Waals surface area contributed by atoms with Gasteiger partial charge in [0, 0.05) is 12.4 Å². The summed E-state index contributed by atoms with van der Waals surface area (Å²) >= 11 is 4.32. The van der Waals surface area contributed by atoms with Crippen LogP contribution in [0.1, 0.15) is 19.7 Å². The van der Waals surface area contributed by atoms with Gasteiger partial charge >= 0.3 is 0 Å². The number of H-pyrrole nitrogens is 1. The summed E-state index contributed by atoms with van der Waals surface area (Å²) in [7, 11) is 0. The normalized spacial score (nSPS) is 11.9. The first-order valence-corrected chi connectivity index (χ1v) is 3.27. The minimum absolute atomic E-state index is 0.149. The molecule has 0 aliphatic heterocycles. The van der Waals surface area contributed by atoms with Gasteiger partial charge in [0.05, 0.1) is 4.75 Å². The Hall–Kier alpha value is -0.440. The van der Waals surface area contributed by atoms with Crippen molar-refractivity contribution in [3.05, 3.63) is 18.2 Å². The van der Waals surface area contributed by atoms with Crippen molar-refractivity contribution in [2.75, 3.05) is 0 Å². The molecule has 0 radical (unpaired) electrons. The highest BCUT2D eigenvalue weighted by molar-refractivity contribution is 7.81. The smallest absolute Gasteiger partial charge is 0.121 e. The molecule has 1 rings (SSSR count). The van der Waals surface area contributed by atoms with Gasteiger partial charge in [-0.2, -0.15) is 12.6 Å². The van der Waals surface area contributed by atoms with Crippen molar-refractivity contribution < 1.29 is 0 Å². The quantitative estimate of drug-likeness (QED) is 0.572. The van der Waals surface area contributed by atoms with Crippen molar-refractivity contribution in [2.45, 2.75) is 18.6 Å². The molecule has 0 aliphatic carbocycles. The molecule has 2 nitrogen and oxygen atoms in total. The second-order valence-electron chi connectivity index (χ2n) is 2.50. The van der Waals surface area contributed by atoms with Crippen LogP contribution in [0.3, 0.4) is 0 Å². The molecule has 0 atom stereocenters. The predicted octanol–water partition coefficient (Wildman–Crippen LogP) is 1.57. The second-order valence-corrected chi connectivity index (χ2v) is 3.61. The Morgan fingerprint density at radius 2 is 2.33 bits per heavy atom. The summed E-state index contributed by atoms with van der Waals surface area (Å²) in [4.78, 5) is 7.05. The molecule has 0 saturated carbocycles. The van der Waals surface area contributed by atoms with Gasteiger partial charge in [0.15, 0.2) is 0 Å². The molecule has 0 spiro atoms. The fourth-order valence-electron chi connectivity index (χ4n) is 0.600. The van der Waals surface area contributed by atoms with E-state index in [2.05, 4.69) is 22.6 Å². The third-order valence-electron chi connectivity index (χ3n) is 1.08. The molecule has 50 valence electrons. The number of nitrogens with zero attached hydrogens (tertiary/aromatic N) is 1. The molecular formula is C6H10N2S. The lowest BCUT2D eigenvalue weighted by Crippen LogP contribution is -2.09. The molecule has 0 bridgehead atoms. The largest absolute Gasteiger partial charge is 0.347 e. The van der Waals surface area contributed by atoms with Crippen LogP contribution in [0.2, 0.25) is 0 Å². The number of aromatic amines is 1. The Kier molecular flexibility index (Phi) is 1.53. The Bertz CT molecular complexity index is 173. The number of thiol groups is 1. The van der Waals surface area contributed by atoms with Crippen LogP contribution in [-0.2, 0) is 4.75 Å². The Morgan fingerprint density at radius 1 is 1.67 bits per heavy atom. The molecule has 0 saturated heterocycles. The molecule has 0 unspecified atom stereocenters. The number of nitrogens with one attached hydrogen (secondary N) is 1. The van der Waals surface area contributed by atoms with Gasteiger partial charge in [0.1, 0.15) is 5.82 Å². The van der Waals surface area contributed by atoms with Crippen LogP contribution in [0, 0.1) is 0 Å². The first-order valence-electron chi connectivity index (χ1n) is 2.83. The van der Waals surface area contributed by atoms with Crippen molar-refractivity contribution in [2.24, 2.45) is 0 Å². The van der Waals surface area contributed by atoms with Crippen molar-refractivity contribution in [1.82, 2.24) is 9.97 Å². The highest BCUT2D eigenvalue weighted by Crippen LogP contribution is 2.22. The molecule has 3 heteroatoms. The number of hydrogen-bond acceptors (Lipinski definition) is 2. The van der Waals surface area contributed by atoms with Gasteiger partial charge in [-0.05, 0) is 13.8 Å². The summed E-state index contributed by atoms with van der Waals surface area (Å²) in [6.45, 7) is 3.99. The van der Waals surface area contributed by atoms with Crippen molar-refractivity contribution in [1.29, 1.82) is 0 Å². The molecule has 0 amide bonds. The van der Waals surface area contributed by atoms with Crippen molar-refractivity contribution in [3.63, 3.8) is 0 Å². The first kappa shape index (κ1) is 6.68. The summed E-state index contributed by atoms with van der Waals surface area (Å²) in [5, 5.41) is 0. The zero-order valence-corrected chi connectivity index (χ0v) is 6.44. The van der Waals surface area contributed by atoms with Gasteiger partial charge in [-0.3, -0.25) is 0 Å². The molecular weight excluding hydrogens is 132 g/mol. The maximum Gasteiger partial charge on any atom is 0.121 e. The third-order valence-corrected chi connectivity index (χ3v) is 1.29. The number of imidazole rings is 1. The highest BCUT2D eigenvalue weighted by atomic mass is 32.1. The van der Waals surface area contributed by atoms with E-state index in [4.69, 9.17) is 0 Å². The van der Waals surface area contributed by atoms with Crippen molar-refractivity contribution >= 4 is 12.6 Å². The van der Waals surface area contributed by atoms with Crippen LogP contribution >= 0.6 is 12.6 Å². The zero-order chi connectivity index (χ0) is 6.91. The van der Waals surface area contributed by atoms with E-state index in [0.717, 1.165) is 5.82 Å². The zero-order valence-electron chi connectivity index (χ0n) is 5.55. The van der Waals surface area contributed by atoms with Gasteiger partial charge in [0.25, 0.3) is 0 Å². The lowest BCUT2D eigenvalue weighted by Gasteiger charge is -2.12. The average molecular weight is 142 g/mol. The molecule has 9 heavy (non-hydrogen) atoms. The van der Waals surface area contributed by atoms with Crippen LogP contribution < -0.4 is 0 Å². The molecule has 1 N–H and O–H groups in total. The van der Waals surface area contributed by atoms with Gasteiger partial charge in [-0.1, -0.05) is 0 Å². The molecule has 0 fully saturated rings. The maximum absolute atomic E-state index is 4.32. The van der Waals surface area contributed by atoms with Gasteiger partial charge in [0.2, 0.25) is 0 Å². The number of aromatic nitrogens is 2. The molecule has 1 aromatic heterocycles. The predicted molar refractivity (Wildman–Crippen MR) is 40.6 cm³/mol. The Morgan fingerprint density at radius 3 is 2.56 bits per heavy atom. The molecule has 1 heterocycles. The van der Waals surface area contributed by atoms with Crippen LogP contribution in [0.15, 0.2) is 12.4 Å². The van der Waals surface area contributed by atoms with Crippen molar-refractivity contribution in [3.8, 4) is 0 Å². The van der Waals surface area contributed by atoms with E-state index in [1.54, 1.807) is 12.4 Å². The lowest BCUT2D eigenvalue weighted by molar-refractivity contribution is 0.729. The average Bonchev–Trinajstić information content (AvgIpc) is 2.08. The Labute approximate surface area is 60.1 Å². The minimum atomic E-state index is -0.149. The summed E-state index contributed by atoms with van der Waals surface area (Å²) in [5.74, 6) is 0.908. The SMILES string of the molecule is CC(C)(S)c1ncc[nH]1. The van der Waals surface area contributed by atoms with Crippen LogP contribution in [0.4, 0.5) is 0 Å². The maximum atomic E-state index is 4.32. The van der Waals surface area contributed by atoms with Crippen LogP contribution in [-0.4, -0.2) is 9.97 Å².